The summed E-state index contributed by atoms with van der Waals surface area (Å²) in [5.41, 5.74) is 9.08. The van der Waals surface area contributed by atoms with Crippen LogP contribution in [0.3, 0.4) is 0 Å². The van der Waals surface area contributed by atoms with E-state index in [1.54, 1.807) is 0 Å². The maximum absolute atomic E-state index is 13.4. The molecular weight excluding hydrogens is 372 g/mol. The molecule has 3 aromatic carbocycles. The topological polar surface area (TPSA) is 76.1 Å². The molecule has 2 aliphatic rings. The van der Waals surface area contributed by atoms with Crippen molar-refractivity contribution in [1.82, 2.24) is 0 Å². The molecular formula is C26H20N2O2. The van der Waals surface area contributed by atoms with Crippen molar-refractivity contribution < 1.29 is 9.53 Å². The number of nitriles is 1. The van der Waals surface area contributed by atoms with Crippen LogP contribution in [0.15, 0.2) is 95.6 Å². The number of rotatable bonds is 2. The first kappa shape index (κ1) is 18.2. The number of benzene rings is 3. The molecule has 0 saturated carbocycles. The summed E-state index contributed by atoms with van der Waals surface area (Å²) >= 11 is 0. The van der Waals surface area contributed by atoms with Gasteiger partial charge < -0.3 is 10.5 Å². The van der Waals surface area contributed by atoms with Crippen molar-refractivity contribution in [1.29, 1.82) is 5.26 Å². The Kier molecular flexibility index (Phi) is 4.37. The van der Waals surface area contributed by atoms with E-state index in [9.17, 15) is 10.1 Å². The fourth-order valence-electron chi connectivity index (χ4n) is 4.68. The van der Waals surface area contributed by atoms with E-state index in [0.717, 1.165) is 21.9 Å². The van der Waals surface area contributed by atoms with Gasteiger partial charge in [-0.2, -0.15) is 5.26 Å². The normalized spacial score (nSPS) is 21.2. The average molecular weight is 392 g/mol. The molecule has 3 aromatic rings. The summed E-state index contributed by atoms with van der Waals surface area (Å²) in [4.78, 5) is 13.4. The number of hydrogen-bond acceptors (Lipinski definition) is 4. The second-order valence-electron chi connectivity index (χ2n) is 7.77. The molecule has 1 heterocycles. The lowest BCUT2D eigenvalue weighted by atomic mass is 9.73. The molecule has 0 spiro atoms. The van der Waals surface area contributed by atoms with Crippen molar-refractivity contribution in [2.45, 2.75) is 24.7 Å². The van der Waals surface area contributed by atoms with Gasteiger partial charge in [-0.25, -0.2) is 0 Å². The number of hydrogen-bond donors (Lipinski definition) is 1. The maximum atomic E-state index is 13.4. The standard InChI is InChI=1S/C26H20N2O2/c27-15-21-24(20-12-6-10-17-9-4-5-11-19(17)20)25-22(29)13-18(14-23(25)30-26(21)28)16-7-2-1-3-8-16/h1-12,18,24H,13-14,28H2/t18-,24-/m1/s1. The Morgan fingerprint density at radius 2 is 1.67 bits per heavy atom. The minimum absolute atomic E-state index is 0.0169. The van der Waals surface area contributed by atoms with Gasteiger partial charge in [0.2, 0.25) is 5.88 Å². The lowest BCUT2D eigenvalue weighted by Crippen LogP contribution is -2.30. The zero-order valence-electron chi connectivity index (χ0n) is 16.3. The minimum Gasteiger partial charge on any atom is -0.444 e. The molecule has 2 atom stereocenters. The Morgan fingerprint density at radius 1 is 0.933 bits per heavy atom. The van der Waals surface area contributed by atoms with E-state index >= 15 is 0 Å². The fourth-order valence-corrected chi connectivity index (χ4v) is 4.68. The van der Waals surface area contributed by atoms with Gasteiger partial charge in [-0.3, -0.25) is 4.79 Å². The van der Waals surface area contributed by atoms with E-state index in [2.05, 4.69) is 6.07 Å². The molecule has 4 heteroatoms. The van der Waals surface area contributed by atoms with Crippen LogP contribution in [0.5, 0.6) is 0 Å². The number of Topliss-reactive ketones (excluding diaryl/α,β-unsaturated/α-hetero) is 1. The second kappa shape index (κ2) is 7.20. The summed E-state index contributed by atoms with van der Waals surface area (Å²) < 4.78 is 5.87. The highest BCUT2D eigenvalue weighted by molar-refractivity contribution is 6.01. The van der Waals surface area contributed by atoms with Crippen LogP contribution in [0, 0.1) is 11.3 Å². The first-order valence-electron chi connectivity index (χ1n) is 10.0. The molecule has 0 bridgehead atoms. The summed E-state index contributed by atoms with van der Waals surface area (Å²) in [6, 6.07) is 26.2. The van der Waals surface area contributed by atoms with Crippen molar-refractivity contribution in [2.24, 2.45) is 5.73 Å². The van der Waals surface area contributed by atoms with E-state index in [4.69, 9.17) is 10.5 Å². The van der Waals surface area contributed by atoms with Crippen molar-refractivity contribution in [3.63, 3.8) is 0 Å². The lowest BCUT2D eigenvalue weighted by molar-refractivity contribution is -0.117. The number of carbonyl (C=O) groups excluding carboxylic acids is 1. The number of carbonyl (C=O) groups is 1. The van der Waals surface area contributed by atoms with Crippen LogP contribution in [-0.2, 0) is 9.53 Å². The number of ketones is 1. The summed E-state index contributed by atoms with van der Waals surface area (Å²) in [7, 11) is 0. The lowest BCUT2D eigenvalue weighted by Gasteiger charge is -2.34. The van der Waals surface area contributed by atoms with Crippen LogP contribution in [0.2, 0.25) is 0 Å². The van der Waals surface area contributed by atoms with Gasteiger partial charge in [0.25, 0.3) is 0 Å². The SMILES string of the molecule is N#CC1=C(N)OC2=C(C(=O)C[C@@H](c3ccccc3)C2)[C@@H]1c1cccc2ccccc12. The Labute approximate surface area is 174 Å². The Morgan fingerprint density at radius 3 is 2.47 bits per heavy atom. The van der Waals surface area contributed by atoms with Gasteiger partial charge in [-0.1, -0.05) is 72.8 Å². The molecule has 0 saturated heterocycles. The van der Waals surface area contributed by atoms with Gasteiger partial charge in [0.05, 0.1) is 5.92 Å². The second-order valence-corrected chi connectivity index (χ2v) is 7.77. The third-order valence-electron chi connectivity index (χ3n) is 6.07. The Hall–Kier alpha value is -3.84. The quantitative estimate of drug-likeness (QED) is 0.662. The number of fused-ring (bicyclic) bond motifs is 1. The Bertz CT molecular complexity index is 1260. The molecule has 0 fully saturated rings. The molecule has 2 N–H and O–H groups in total. The molecule has 0 radical (unpaired) electrons. The predicted molar refractivity (Wildman–Crippen MR) is 115 cm³/mol. The molecule has 0 unspecified atom stereocenters. The minimum atomic E-state index is -0.505. The molecule has 4 nitrogen and oxygen atoms in total. The molecule has 5 rings (SSSR count). The van der Waals surface area contributed by atoms with Gasteiger partial charge in [-0.15, -0.1) is 0 Å². The summed E-state index contributed by atoms with van der Waals surface area (Å²) in [6.07, 6.45) is 0.984. The summed E-state index contributed by atoms with van der Waals surface area (Å²) in [6.45, 7) is 0. The highest BCUT2D eigenvalue weighted by Gasteiger charge is 2.41. The fraction of sp³-hybridized carbons (Fsp3) is 0.154. The first-order valence-corrected chi connectivity index (χ1v) is 10.0. The average Bonchev–Trinajstić information content (AvgIpc) is 2.78. The van der Waals surface area contributed by atoms with E-state index in [1.807, 2.05) is 72.8 Å². The monoisotopic (exact) mass is 392 g/mol. The number of allylic oxidation sites excluding steroid dienone is 3. The van der Waals surface area contributed by atoms with Gasteiger partial charge in [0.1, 0.15) is 17.4 Å². The van der Waals surface area contributed by atoms with Crippen LogP contribution < -0.4 is 5.73 Å². The molecule has 1 aliphatic heterocycles. The first-order chi connectivity index (χ1) is 14.7. The van der Waals surface area contributed by atoms with E-state index < -0.39 is 5.92 Å². The molecule has 30 heavy (non-hydrogen) atoms. The van der Waals surface area contributed by atoms with E-state index in [0.29, 0.717) is 29.7 Å². The van der Waals surface area contributed by atoms with Gasteiger partial charge in [0.15, 0.2) is 5.78 Å². The third kappa shape index (κ3) is 2.87. The van der Waals surface area contributed by atoms with Crippen molar-refractivity contribution in [2.75, 3.05) is 0 Å². The molecule has 0 amide bonds. The van der Waals surface area contributed by atoms with Crippen LogP contribution >= 0.6 is 0 Å². The Balaban J connectivity index is 1.67. The van der Waals surface area contributed by atoms with Crippen LogP contribution in [0.1, 0.15) is 35.8 Å². The predicted octanol–water partition coefficient (Wildman–Crippen LogP) is 5.05. The van der Waals surface area contributed by atoms with Crippen LogP contribution in [0.25, 0.3) is 10.8 Å². The highest BCUT2D eigenvalue weighted by Crippen LogP contribution is 2.47. The summed E-state index contributed by atoms with van der Waals surface area (Å²) in [5, 5.41) is 11.9. The molecule has 146 valence electrons. The zero-order valence-corrected chi connectivity index (χ0v) is 16.3. The molecule has 0 aromatic heterocycles. The van der Waals surface area contributed by atoms with E-state index in [1.165, 1.54) is 0 Å². The number of nitrogens with two attached hydrogens (primary N) is 1. The zero-order chi connectivity index (χ0) is 20.7. The van der Waals surface area contributed by atoms with Crippen molar-refractivity contribution in [3.05, 3.63) is 107 Å². The summed E-state index contributed by atoms with van der Waals surface area (Å²) in [5.74, 6) is 0.240. The third-order valence-corrected chi connectivity index (χ3v) is 6.07. The van der Waals surface area contributed by atoms with E-state index in [-0.39, 0.29) is 17.6 Å². The number of ether oxygens (including phenoxy) is 1. The van der Waals surface area contributed by atoms with Crippen molar-refractivity contribution in [3.8, 4) is 6.07 Å². The van der Waals surface area contributed by atoms with Crippen molar-refractivity contribution >= 4 is 16.6 Å². The van der Waals surface area contributed by atoms with Gasteiger partial charge in [0, 0.05) is 18.4 Å². The smallest absolute Gasteiger partial charge is 0.205 e. The van der Waals surface area contributed by atoms with Gasteiger partial charge in [-0.05, 0) is 27.8 Å². The highest BCUT2D eigenvalue weighted by atomic mass is 16.5. The maximum Gasteiger partial charge on any atom is 0.205 e. The van der Waals surface area contributed by atoms with Gasteiger partial charge >= 0.3 is 0 Å². The van der Waals surface area contributed by atoms with Crippen LogP contribution in [0.4, 0.5) is 0 Å². The number of nitrogens with zero attached hydrogens (tertiary/aromatic N) is 1. The largest absolute Gasteiger partial charge is 0.444 e. The molecule has 1 aliphatic carbocycles. The van der Waals surface area contributed by atoms with Crippen LogP contribution in [-0.4, -0.2) is 5.78 Å².